The van der Waals surface area contributed by atoms with Gasteiger partial charge < -0.3 is 10.4 Å². The molecule has 0 saturated carbocycles. The lowest BCUT2D eigenvalue weighted by atomic mass is 9.95. The number of nitrogens with zero attached hydrogens (tertiary/aromatic N) is 3. The van der Waals surface area contributed by atoms with Crippen LogP contribution in [0.2, 0.25) is 0 Å². The minimum Gasteiger partial charge on any atom is -0.389 e. The van der Waals surface area contributed by atoms with E-state index in [0.29, 0.717) is 0 Å². The van der Waals surface area contributed by atoms with E-state index in [4.69, 9.17) is 0 Å². The van der Waals surface area contributed by atoms with Gasteiger partial charge in [-0.25, -0.2) is 0 Å². The van der Waals surface area contributed by atoms with E-state index >= 15 is 0 Å². The van der Waals surface area contributed by atoms with Gasteiger partial charge in [-0.15, -0.1) is 10.2 Å². The fourth-order valence-corrected chi connectivity index (χ4v) is 3.08. The van der Waals surface area contributed by atoms with Gasteiger partial charge in [-0.1, -0.05) is 18.3 Å². The third-order valence-corrected chi connectivity index (χ3v) is 3.97. The van der Waals surface area contributed by atoms with Crippen LogP contribution in [0.4, 0.5) is 5.13 Å². The summed E-state index contributed by atoms with van der Waals surface area (Å²) in [6, 6.07) is 0. The smallest absolute Gasteiger partial charge is 0.205 e. The van der Waals surface area contributed by atoms with Crippen molar-refractivity contribution in [2.75, 3.05) is 25.0 Å². The first kappa shape index (κ1) is 13.7. The molecule has 0 amide bonds. The molecule has 1 aromatic rings. The van der Waals surface area contributed by atoms with Crippen molar-refractivity contribution in [3.63, 3.8) is 0 Å². The van der Waals surface area contributed by atoms with Gasteiger partial charge in [0, 0.05) is 13.1 Å². The van der Waals surface area contributed by atoms with Gasteiger partial charge in [-0.2, -0.15) is 0 Å². The van der Waals surface area contributed by atoms with Crippen molar-refractivity contribution in [3.05, 3.63) is 5.01 Å². The summed E-state index contributed by atoms with van der Waals surface area (Å²) in [5, 5.41) is 23.5. The number of nitrogens with one attached hydrogen (secondary N) is 1. The Morgan fingerprint density at radius 3 is 3.06 bits per heavy atom. The van der Waals surface area contributed by atoms with Crippen LogP contribution < -0.4 is 5.32 Å². The second-order valence-electron chi connectivity index (χ2n) is 5.24. The maximum absolute atomic E-state index is 10.1. The summed E-state index contributed by atoms with van der Waals surface area (Å²) in [4.78, 5) is 2.26. The van der Waals surface area contributed by atoms with E-state index in [0.717, 1.165) is 55.6 Å². The molecule has 0 radical (unpaired) electrons. The molecule has 1 aromatic heterocycles. The van der Waals surface area contributed by atoms with E-state index in [2.05, 4.69) is 27.3 Å². The van der Waals surface area contributed by atoms with Crippen molar-refractivity contribution in [1.82, 2.24) is 15.1 Å². The van der Waals surface area contributed by atoms with E-state index in [1.54, 1.807) is 11.3 Å². The lowest BCUT2D eigenvalue weighted by Gasteiger charge is -2.36. The molecule has 0 aliphatic carbocycles. The van der Waals surface area contributed by atoms with Crippen LogP contribution in [0.1, 0.15) is 38.1 Å². The zero-order valence-electron chi connectivity index (χ0n) is 11.1. The number of β-amino-alcohol motifs (C(OH)–C–C–N with tert-alkyl or cyclic N) is 1. The normalized spacial score (nSPS) is 25.3. The molecule has 1 fully saturated rings. The van der Waals surface area contributed by atoms with Crippen LogP contribution in [0.5, 0.6) is 0 Å². The number of rotatable bonds is 5. The highest BCUT2D eigenvalue weighted by molar-refractivity contribution is 7.15. The zero-order valence-corrected chi connectivity index (χ0v) is 12.0. The van der Waals surface area contributed by atoms with Crippen LogP contribution in [0.3, 0.4) is 0 Å². The summed E-state index contributed by atoms with van der Waals surface area (Å²) in [6.45, 7) is 7.53. The number of anilines is 1. The largest absolute Gasteiger partial charge is 0.389 e. The molecule has 1 saturated heterocycles. The summed E-state index contributed by atoms with van der Waals surface area (Å²) >= 11 is 1.61. The first-order chi connectivity index (χ1) is 8.59. The topological polar surface area (TPSA) is 61.3 Å². The maximum atomic E-state index is 10.1. The first-order valence-corrected chi connectivity index (χ1v) is 7.42. The van der Waals surface area contributed by atoms with Gasteiger partial charge in [0.25, 0.3) is 0 Å². The van der Waals surface area contributed by atoms with Gasteiger partial charge in [0.2, 0.25) is 5.13 Å². The second-order valence-corrected chi connectivity index (χ2v) is 6.30. The first-order valence-electron chi connectivity index (χ1n) is 6.60. The van der Waals surface area contributed by atoms with E-state index in [1.165, 1.54) is 0 Å². The molecular formula is C12H22N4OS. The fraction of sp³-hybridized carbons (Fsp3) is 0.833. The third kappa shape index (κ3) is 3.90. The molecule has 0 bridgehead atoms. The molecule has 1 aliphatic rings. The number of aliphatic hydroxyl groups is 1. The standard InChI is InChI=1S/C12H22N4OS/c1-3-6-13-11-15-14-10(18-11)8-16-7-4-5-12(2,17)9-16/h17H,3-9H2,1-2H3,(H,13,15). The SMILES string of the molecule is CCCNc1nnc(CN2CCCC(C)(O)C2)s1. The zero-order chi connectivity index (χ0) is 13.0. The molecule has 1 atom stereocenters. The quantitative estimate of drug-likeness (QED) is 0.853. The summed E-state index contributed by atoms with van der Waals surface area (Å²) in [7, 11) is 0. The lowest BCUT2D eigenvalue weighted by Crippen LogP contribution is -2.45. The molecule has 2 rings (SSSR count). The Morgan fingerprint density at radius 2 is 2.33 bits per heavy atom. The van der Waals surface area contributed by atoms with E-state index in [1.807, 2.05) is 6.92 Å². The van der Waals surface area contributed by atoms with Crippen molar-refractivity contribution >= 4 is 16.5 Å². The van der Waals surface area contributed by atoms with Gasteiger partial charge in [-0.05, 0) is 32.7 Å². The van der Waals surface area contributed by atoms with Gasteiger partial charge in [0.15, 0.2) is 0 Å². The van der Waals surface area contributed by atoms with Crippen LogP contribution in [0, 0.1) is 0 Å². The average Bonchev–Trinajstić information content (AvgIpc) is 2.73. The highest BCUT2D eigenvalue weighted by Crippen LogP contribution is 2.23. The monoisotopic (exact) mass is 270 g/mol. The molecule has 5 nitrogen and oxygen atoms in total. The van der Waals surface area contributed by atoms with Crippen molar-refractivity contribution in [2.45, 2.75) is 45.3 Å². The van der Waals surface area contributed by atoms with E-state index < -0.39 is 5.60 Å². The lowest BCUT2D eigenvalue weighted by molar-refractivity contribution is -0.0182. The Labute approximate surface area is 112 Å². The Hall–Kier alpha value is -0.720. The summed E-state index contributed by atoms with van der Waals surface area (Å²) < 4.78 is 0. The highest BCUT2D eigenvalue weighted by Gasteiger charge is 2.28. The molecule has 18 heavy (non-hydrogen) atoms. The number of aromatic nitrogens is 2. The molecule has 0 aromatic carbocycles. The van der Waals surface area contributed by atoms with Gasteiger partial charge in [-0.3, -0.25) is 4.90 Å². The van der Waals surface area contributed by atoms with Gasteiger partial charge >= 0.3 is 0 Å². The van der Waals surface area contributed by atoms with E-state index in [-0.39, 0.29) is 0 Å². The van der Waals surface area contributed by atoms with Crippen molar-refractivity contribution in [3.8, 4) is 0 Å². The van der Waals surface area contributed by atoms with Crippen molar-refractivity contribution in [2.24, 2.45) is 0 Å². The molecule has 1 aliphatic heterocycles. The molecule has 0 spiro atoms. The molecule has 102 valence electrons. The minimum absolute atomic E-state index is 0.549. The van der Waals surface area contributed by atoms with Crippen LogP contribution in [0.25, 0.3) is 0 Å². The predicted molar refractivity (Wildman–Crippen MR) is 73.8 cm³/mol. The van der Waals surface area contributed by atoms with Crippen molar-refractivity contribution < 1.29 is 5.11 Å². The Balaban J connectivity index is 1.87. The minimum atomic E-state index is -0.549. The summed E-state index contributed by atoms with van der Waals surface area (Å²) in [5.41, 5.74) is -0.549. The maximum Gasteiger partial charge on any atom is 0.205 e. The number of likely N-dealkylation sites (tertiary alicyclic amines) is 1. The fourth-order valence-electron chi connectivity index (χ4n) is 2.27. The van der Waals surface area contributed by atoms with Crippen LogP contribution >= 0.6 is 11.3 Å². The predicted octanol–water partition coefficient (Wildman–Crippen LogP) is 1.71. The van der Waals surface area contributed by atoms with Crippen molar-refractivity contribution in [1.29, 1.82) is 0 Å². The van der Waals surface area contributed by atoms with Crippen LogP contribution in [-0.2, 0) is 6.54 Å². The second kappa shape index (κ2) is 5.95. The van der Waals surface area contributed by atoms with E-state index in [9.17, 15) is 5.11 Å². The average molecular weight is 270 g/mol. The molecular weight excluding hydrogens is 248 g/mol. The Morgan fingerprint density at radius 1 is 1.50 bits per heavy atom. The molecule has 6 heteroatoms. The number of piperidine rings is 1. The van der Waals surface area contributed by atoms with Crippen LogP contribution in [-0.4, -0.2) is 45.4 Å². The molecule has 2 N–H and O–H groups in total. The molecule has 2 heterocycles. The highest BCUT2D eigenvalue weighted by atomic mass is 32.1. The third-order valence-electron chi connectivity index (χ3n) is 3.11. The molecule has 1 unspecified atom stereocenters. The number of hydrogen-bond acceptors (Lipinski definition) is 6. The Kier molecular flexibility index (Phi) is 4.53. The van der Waals surface area contributed by atoms with Gasteiger partial charge in [0.05, 0.1) is 12.1 Å². The Bertz CT molecular complexity index is 380. The summed E-state index contributed by atoms with van der Waals surface area (Å²) in [5.74, 6) is 0. The van der Waals surface area contributed by atoms with Gasteiger partial charge in [0.1, 0.15) is 5.01 Å². The number of hydrogen-bond donors (Lipinski definition) is 2. The summed E-state index contributed by atoms with van der Waals surface area (Å²) in [6.07, 6.45) is 3.03. The van der Waals surface area contributed by atoms with Crippen LogP contribution in [0.15, 0.2) is 0 Å².